The zero-order valence-electron chi connectivity index (χ0n) is 13.7. The first-order valence-electron chi connectivity index (χ1n) is 7.12. The van der Waals surface area contributed by atoms with Gasteiger partial charge in [0.25, 0.3) is 0 Å². The molecule has 2 rings (SSSR count). The van der Waals surface area contributed by atoms with Gasteiger partial charge in [-0.25, -0.2) is 0 Å². The summed E-state index contributed by atoms with van der Waals surface area (Å²) in [4.78, 5) is 0. The summed E-state index contributed by atoms with van der Waals surface area (Å²) in [5.41, 5.74) is 3.27. The topological polar surface area (TPSA) is 51.5 Å². The predicted molar refractivity (Wildman–Crippen MR) is 90.8 cm³/mol. The Bertz CT molecular complexity index is 755. The summed E-state index contributed by atoms with van der Waals surface area (Å²) >= 11 is 0. The lowest BCUT2D eigenvalue weighted by molar-refractivity contribution is 0.324. The zero-order chi connectivity index (χ0) is 16.8. The van der Waals surface area contributed by atoms with Gasteiger partial charge < -0.3 is 14.2 Å². The van der Waals surface area contributed by atoms with Crippen LogP contribution >= 0.6 is 0 Å². The van der Waals surface area contributed by atoms with Crippen LogP contribution in [-0.2, 0) is 0 Å². The standard InChI is InChI=1S/C19H19NO3/c1-13-5-7-14(8-6-13)11-15(12-20)16-9-10-17(21-2)19(23-4)18(16)22-3/h5-11H,1-4H3. The molecular weight excluding hydrogens is 290 g/mol. The van der Waals surface area contributed by atoms with E-state index in [9.17, 15) is 5.26 Å². The molecule has 0 atom stereocenters. The summed E-state index contributed by atoms with van der Waals surface area (Å²) in [6, 6.07) is 13.7. The molecule has 23 heavy (non-hydrogen) atoms. The van der Waals surface area contributed by atoms with E-state index in [2.05, 4.69) is 6.07 Å². The van der Waals surface area contributed by atoms with Crippen molar-refractivity contribution >= 4 is 11.6 Å². The highest BCUT2D eigenvalue weighted by Crippen LogP contribution is 2.42. The Morgan fingerprint density at radius 3 is 2.09 bits per heavy atom. The Morgan fingerprint density at radius 1 is 0.913 bits per heavy atom. The van der Waals surface area contributed by atoms with Crippen LogP contribution in [0.15, 0.2) is 36.4 Å². The molecule has 0 unspecified atom stereocenters. The van der Waals surface area contributed by atoms with Gasteiger partial charge in [0.2, 0.25) is 5.75 Å². The van der Waals surface area contributed by atoms with Crippen LogP contribution < -0.4 is 14.2 Å². The minimum Gasteiger partial charge on any atom is -0.493 e. The number of aryl methyl sites for hydroxylation is 1. The highest BCUT2D eigenvalue weighted by molar-refractivity contribution is 5.92. The molecule has 4 nitrogen and oxygen atoms in total. The second kappa shape index (κ2) is 7.37. The molecule has 0 aliphatic heterocycles. The quantitative estimate of drug-likeness (QED) is 0.617. The third-order valence-electron chi connectivity index (χ3n) is 3.50. The molecule has 0 N–H and O–H groups in total. The first-order chi connectivity index (χ1) is 11.1. The minimum absolute atomic E-state index is 0.470. The lowest BCUT2D eigenvalue weighted by Crippen LogP contribution is -1.98. The van der Waals surface area contributed by atoms with Crippen LogP contribution in [0.3, 0.4) is 0 Å². The molecule has 2 aromatic carbocycles. The largest absolute Gasteiger partial charge is 0.493 e. The van der Waals surface area contributed by atoms with Crippen molar-refractivity contribution in [3.63, 3.8) is 0 Å². The number of hydrogen-bond acceptors (Lipinski definition) is 4. The van der Waals surface area contributed by atoms with E-state index in [0.29, 0.717) is 28.4 Å². The van der Waals surface area contributed by atoms with Crippen molar-refractivity contribution in [2.45, 2.75) is 6.92 Å². The normalized spacial score (nSPS) is 10.8. The van der Waals surface area contributed by atoms with Crippen LogP contribution in [0, 0.1) is 18.3 Å². The highest BCUT2D eigenvalue weighted by atomic mass is 16.5. The van der Waals surface area contributed by atoms with Crippen LogP contribution in [0.1, 0.15) is 16.7 Å². The van der Waals surface area contributed by atoms with Gasteiger partial charge in [0.15, 0.2) is 11.5 Å². The Kier molecular flexibility index (Phi) is 5.27. The van der Waals surface area contributed by atoms with Gasteiger partial charge in [-0.1, -0.05) is 29.8 Å². The molecule has 118 valence electrons. The maximum Gasteiger partial charge on any atom is 0.203 e. The van der Waals surface area contributed by atoms with Crippen molar-refractivity contribution in [3.8, 4) is 23.3 Å². The molecule has 4 heteroatoms. The molecule has 0 heterocycles. The van der Waals surface area contributed by atoms with Gasteiger partial charge in [0.05, 0.1) is 33.0 Å². The summed E-state index contributed by atoms with van der Waals surface area (Å²) in [5, 5.41) is 9.56. The van der Waals surface area contributed by atoms with Crippen LogP contribution in [0.5, 0.6) is 17.2 Å². The molecule has 0 aliphatic rings. The first-order valence-corrected chi connectivity index (χ1v) is 7.12. The molecule has 0 spiro atoms. The van der Waals surface area contributed by atoms with E-state index in [1.165, 1.54) is 5.56 Å². The number of benzene rings is 2. The number of nitrogens with zero attached hydrogens (tertiary/aromatic N) is 1. The second-order valence-corrected chi connectivity index (χ2v) is 4.96. The highest BCUT2D eigenvalue weighted by Gasteiger charge is 2.18. The van der Waals surface area contributed by atoms with Gasteiger partial charge in [0, 0.05) is 5.56 Å². The third-order valence-corrected chi connectivity index (χ3v) is 3.50. The van der Waals surface area contributed by atoms with Crippen molar-refractivity contribution in [1.29, 1.82) is 5.26 Å². The van der Waals surface area contributed by atoms with Gasteiger partial charge in [-0.3, -0.25) is 0 Å². The Morgan fingerprint density at radius 2 is 1.57 bits per heavy atom. The van der Waals surface area contributed by atoms with E-state index in [0.717, 1.165) is 5.56 Å². The monoisotopic (exact) mass is 309 g/mol. The molecular formula is C19H19NO3. The molecule has 0 aromatic heterocycles. The average molecular weight is 309 g/mol. The van der Waals surface area contributed by atoms with E-state index in [1.54, 1.807) is 33.5 Å². The van der Waals surface area contributed by atoms with Gasteiger partial charge in [-0.15, -0.1) is 0 Å². The van der Waals surface area contributed by atoms with Crippen molar-refractivity contribution in [2.24, 2.45) is 0 Å². The van der Waals surface area contributed by atoms with E-state index in [4.69, 9.17) is 14.2 Å². The fourth-order valence-corrected chi connectivity index (χ4v) is 2.31. The number of rotatable bonds is 5. The van der Waals surface area contributed by atoms with Gasteiger partial charge >= 0.3 is 0 Å². The predicted octanol–water partition coefficient (Wildman–Crippen LogP) is 4.09. The zero-order valence-corrected chi connectivity index (χ0v) is 13.7. The molecule has 0 amide bonds. The SMILES string of the molecule is COc1ccc(C(C#N)=Cc2ccc(C)cc2)c(OC)c1OC. The van der Waals surface area contributed by atoms with Gasteiger partial charge in [-0.2, -0.15) is 5.26 Å². The fourth-order valence-electron chi connectivity index (χ4n) is 2.31. The van der Waals surface area contributed by atoms with E-state index in [1.807, 2.05) is 37.3 Å². The molecule has 0 aliphatic carbocycles. The van der Waals surface area contributed by atoms with Crippen LogP contribution in [0.25, 0.3) is 11.6 Å². The third kappa shape index (κ3) is 3.46. The number of allylic oxidation sites excluding steroid dienone is 1. The van der Waals surface area contributed by atoms with E-state index >= 15 is 0 Å². The number of hydrogen-bond donors (Lipinski definition) is 0. The smallest absolute Gasteiger partial charge is 0.203 e. The lowest BCUT2D eigenvalue weighted by Gasteiger charge is -2.15. The summed E-state index contributed by atoms with van der Waals surface area (Å²) in [6.07, 6.45) is 1.82. The maximum atomic E-state index is 9.56. The van der Waals surface area contributed by atoms with Gasteiger partial charge in [-0.05, 0) is 30.7 Å². The van der Waals surface area contributed by atoms with Crippen LogP contribution in [0.2, 0.25) is 0 Å². The molecule has 0 bridgehead atoms. The van der Waals surface area contributed by atoms with E-state index < -0.39 is 0 Å². The molecule has 0 radical (unpaired) electrons. The average Bonchev–Trinajstić information content (AvgIpc) is 2.59. The van der Waals surface area contributed by atoms with Crippen molar-refractivity contribution in [3.05, 3.63) is 53.1 Å². The van der Waals surface area contributed by atoms with Crippen molar-refractivity contribution < 1.29 is 14.2 Å². The summed E-state index contributed by atoms with van der Waals surface area (Å²) in [7, 11) is 4.64. The number of methoxy groups -OCH3 is 3. The molecule has 0 saturated carbocycles. The first kappa shape index (κ1) is 16.4. The Hall–Kier alpha value is -2.93. The van der Waals surface area contributed by atoms with Crippen LogP contribution in [-0.4, -0.2) is 21.3 Å². The molecule has 0 fully saturated rings. The lowest BCUT2D eigenvalue weighted by atomic mass is 10.0. The number of ether oxygens (including phenoxy) is 3. The molecule has 2 aromatic rings. The van der Waals surface area contributed by atoms with Gasteiger partial charge in [0.1, 0.15) is 0 Å². The van der Waals surface area contributed by atoms with E-state index in [-0.39, 0.29) is 0 Å². The minimum atomic E-state index is 0.470. The van der Waals surface area contributed by atoms with Crippen molar-refractivity contribution in [2.75, 3.05) is 21.3 Å². The summed E-state index contributed by atoms with van der Waals surface area (Å²) in [5.74, 6) is 1.50. The summed E-state index contributed by atoms with van der Waals surface area (Å²) in [6.45, 7) is 2.02. The van der Waals surface area contributed by atoms with Crippen molar-refractivity contribution in [1.82, 2.24) is 0 Å². The Labute approximate surface area is 136 Å². The second-order valence-electron chi connectivity index (χ2n) is 4.96. The van der Waals surface area contributed by atoms with Crippen LogP contribution in [0.4, 0.5) is 0 Å². The summed E-state index contributed by atoms with van der Waals surface area (Å²) < 4.78 is 16.1. The Balaban J connectivity index is 2.58. The maximum absolute atomic E-state index is 9.56. The molecule has 0 saturated heterocycles. The number of nitriles is 1. The fraction of sp³-hybridized carbons (Fsp3) is 0.211.